The van der Waals surface area contributed by atoms with E-state index in [2.05, 4.69) is 0 Å². The van der Waals surface area contributed by atoms with Crippen LogP contribution in [0.15, 0.2) is 60.0 Å². The fourth-order valence-corrected chi connectivity index (χ4v) is 3.34. The second-order valence-electron chi connectivity index (χ2n) is 6.20. The number of nitrogen functional groups attached to an aromatic ring is 1. The molecule has 126 valence electrons. The number of ether oxygens (including phenoxy) is 1. The normalized spacial score (nSPS) is 19.4. The minimum Gasteiger partial charge on any atom is -0.441 e. The standard InChI is InChI=1S/C19H17N3O3/c20-12-7-5-11(6-8-12)10-22-16(23)9-14-13-3-1-2-4-15(13)25-18(21)17(14)19(22)24/h1-8,14H,9-10,20-21H2. The Morgan fingerprint density at radius 1 is 1.04 bits per heavy atom. The highest BCUT2D eigenvalue weighted by molar-refractivity contribution is 6.09. The fourth-order valence-electron chi connectivity index (χ4n) is 3.34. The number of hydrogen-bond donors (Lipinski definition) is 2. The Hall–Kier alpha value is -3.28. The van der Waals surface area contributed by atoms with Crippen LogP contribution in [-0.2, 0) is 16.1 Å². The maximum atomic E-state index is 12.9. The summed E-state index contributed by atoms with van der Waals surface area (Å²) in [5.74, 6) is -0.303. The first-order chi connectivity index (χ1) is 12.0. The summed E-state index contributed by atoms with van der Waals surface area (Å²) >= 11 is 0. The molecule has 2 heterocycles. The number of carbonyl (C=O) groups excluding carboxylic acids is 2. The third kappa shape index (κ3) is 2.52. The number of nitrogens with zero attached hydrogens (tertiary/aromatic N) is 1. The first-order valence-electron chi connectivity index (χ1n) is 8.00. The summed E-state index contributed by atoms with van der Waals surface area (Å²) in [7, 11) is 0. The van der Waals surface area contributed by atoms with Crippen molar-refractivity contribution in [2.24, 2.45) is 5.73 Å². The van der Waals surface area contributed by atoms with Crippen molar-refractivity contribution in [2.75, 3.05) is 5.73 Å². The topological polar surface area (TPSA) is 98.7 Å². The molecule has 6 nitrogen and oxygen atoms in total. The number of anilines is 1. The molecule has 6 heteroatoms. The molecule has 2 aromatic rings. The van der Waals surface area contributed by atoms with E-state index in [0.29, 0.717) is 17.0 Å². The molecule has 1 fully saturated rings. The second kappa shape index (κ2) is 5.66. The lowest BCUT2D eigenvalue weighted by atomic mass is 9.82. The number of likely N-dealkylation sites (tertiary alicyclic amines) is 1. The molecule has 2 aromatic carbocycles. The average Bonchev–Trinajstić information content (AvgIpc) is 2.60. The van der Waals surface area contributed by atoms with E-state index in [9.17, 15) is 9.59 Å². The largest absolute Gasteiger partial charge is 0.441 e. The van der Waals surface area contributed by atoms with E-state index in [4.69, 9.17) is 16.2 Å². The van der Waals surface area contributed by atoms with Crippen LogP contribution in [0.1, 0.15) is 23.5 Å². The van der Waals surface area contributed by atoms with Crippen molar-refractivity contribution in [3.63, 3.8) is 0 Å². The Bertz CT molecular complexity index is 902. The average molecular weight is 335 g/mol. The van der Waals surface area contributed by atoms with Crippen molar-refractivity contribution < 1.29 is 14.3 Å². The van der Waals surface area contributed by atoms with Crippen LogP contribution in [-0.4, -0.2) is 16.7 Å². The van der Waals surface area contributed by atoms with Gasteiger partial charge in [-0.1, -0.05) is 30.3 Å². The number of piperidine rings is 1. The van der Waals surface area contributed by atoms with Gasteiger partial charge in [-0.15, -0.1) is 0 Å². The van der Waals surface area contributed by atoms with Crippen molar-refractivity contribution in [3.8, 4) is 5.75 Å². The molecule has 0 saturated carbocycles. The number of carbonyl (C=O) groups is 2. The van der Waals surface area contributed by atoms with Crippen LogP contribution >= 0.6 is 0 Å². The minimum absolute atomic E-state index is 0.0727. The van der Waals surface area contributed by atoms with Gasteiger partial charge in [0.1, 0.15) is 5.75 Å². The summed E-state index contributed by atoms with van der Waals surface area (Å²) in [6.07, 6.45) is 0.192. The Kier molecular flexibility index (Phi) is 3.46. The quantitative estimate of drug-likeness (QED) is 0.645. The number of rotatable bonds is 2. The van der Waals surface area contributed by atoms with Crippen LogP contribution in [0.3, 0.4) is 0 Å². The van der Waals surface area contributed by atoms with E-state index in [1.807, 2.05) is 18.2 Å². The summed E-state index contributed by atoms with van der Waals surface area (Å²) in [6.45, 7) is 0.184. The molecule has 0 bridgehead atoms. The predicted molar refractivity (Wildman–Crippen MR) is 92.1 cm³/mol. The molecule has 1 atom stereocenters. The highest BCUT2D eigenvalue weighted by atomic mass is 16.5. The zero-order valence-electron chi connectivity index (χ0n) is 13.4. The number of nitrogens with two attached hydrogens (primary N) is 2. The highest BCUT2D eigenvalue weighted by Gasteiger charge is 2.43. The number of amides is 2. The van der Waals surface area contributed by atoms with E-state index < -0.39 is 5.91 Å². The third-order valence-electron chi connectivity index (χ3n) is 4.60. The van der Waals surface area contributed by atoms with Gasteiger partial charge in [-0.05, 0) is 23.8 Å². The van der Waals surface area contributed by atoms with Crippen molar-refractivity contribution in [3.05, 3.63) is 71.1 Å². The third-order valence-corrected chi connectivity index (χ3v) is 4.60. The summed E-state index contributed by atoms with van der Waals surface area (Å²) < 4.78 is 5.60. The minimum atomic E-state index is -0.398. The summed E-state index contributed by atoms with van der Waals surface area (Å²) in [6, 6.07) is 14.4. The SMILES string of the molecule is NC1=C2C(=O)N(Cc3ccc(N)cc3)C(=O)CC2c2ccccc2O1. The maximum absolute atomic E-state index is 12.9. The smallest absolute Gasteiger partial charge is 0.262 e. The molecule has 2 amide bonds. The zero-order valence-corrected chi connectivity index (χ0v) is 13.4. The van der Waals surface area contributed by atoms with Gasteiger partial charge >= 0.3 is 0 Å². The second-order valence-corrected chi connectivity index (χ2v) is 6.20. The summed E-state index contributed by atoms with van der Waals surface area (Å²) in [5.41, 5.74) is 14.3. The van der Waals surface area contributed by atoms with Crippen molar-refractivity contribution in [1.82, 2.24) is 4.90 Å². The fraction of sp³-hybridized carbons (Fsp3) is 0.158. The number of hydrogen-bond acceptors (Lipinski definition) is 5. The Morgan fingerprint density at radius 3 is 2.52 bits per heavy atom. The number of imide groups is 1. The highest BCUT2D eigenvalue weighted by Crippen LogP contribution is 2.43. The molecular weight excluding hydrogens is 318 g/mol. The molecule has 25 heavy (non-hydrogen) atoms. The molecule has 4 N–H and O–H groups in total. The van der Waals surface area contributed by atoms with E-state index >= 15 is 0 Å². The van der Waals surface area contributed by atoms with Gasteiger partial charge < -0.3 is 16.2 Å². The van der Waals surface area contributed by atoms with Crippen molar-refractivity contribution in [1.29, 1.82) is 0 Å². The van der Waals surface area contributed by atoms with Crippen LogP contribution in [0.5, 0.6) is 5.75 Å². The van der Waals surface area contributed by atoms with Gasteiger partial charge in [-0.25, -0.2) is 0 Å². The lowest BCUT2D eigenvalue weighted by molar-refractivity contribution is -0.146. The molecule has 0 aliphatic carbocycles. The number of fused-ring (bicyclic) bond motifs is 3. The monoisotopic (exact) mass is 335 g/mol. The van der Waals surface area contributed by atoms with E-state index in [0.717, 1.165) is 11.1 Å². The van der Waals surface area contributed by atoms with Gasteiger partial charge in [0.05, 0.1) is 12.1 Å². The first-order valence-corrected chi connectivity index (χ1v) is 8.00. The Morgan fingerprint density at radius 2 is 1.76 bits per heavy atom. The van der Waals surface area contributed by atoms with Gasteiger partial charge in [0, 0.05) is 23.6 Å². The van der Waals surface area contributed by atoms with Crippen LogP contribution in [0.2, 0.25) is 0 Å². The summed E-state index contributed by atoms with van der Waals surface area (Å²) in [5, 5.41) is 0. The first kappa shape index (κ1) is 15.3. The molecule has 4 rings (SSSR count). The van der Waals surface area contributed by atoms with Gasteiger partial charge in [0.15, 0.2) is 5.88 Å². The molecule has 1 unspecified atom stereocenters. The molecule has 2 aliphatic heterocycles. The van der Waals surface area contributed by atoms with Crippen LogP contribution in [0.25, 0.3) is 0 Å². The molecular formula is C19H17N3O3. The van der Waals surface area contributed by atoms with Gasteiger partial charge in [0.2, 0.25) is 5.91 Å². The van der Waals surface area contributed by atoms with E-state index in [1.54, 1.807) is 30.3 Å². The number of benzene rings is 2. The van der Waals surface area contributed by atoms with Gasteiger partial charge in [-0.3, -0.25) is 14.5 Å². The number of para-hydroxylation sites is 1. The summed E-state index contributed by atoms with van der Waals surface area (Å²) in [4.78, 5) is 26.8. The van der Waals surface area contributed by atoms with Crippen molar-refractivity contribution in [2.45, 2.75) is 18.9 Å². The van der Waals surface area contributed by atoms with Gasteiger partial charge in [-0.2, -0.15) is 0 Å². The molecule has 0 aromatic heterocycles. The van der Waals surface area contributed by atoms with Crippen molar-refractivity contribution >= 4 is 17.5 Å². The maximum Gasteiger partial charge on any atom is 0.262 e. The Balaban J connectivity index is 1.68. The molecule has 2 aliphatic rings. The Labute approximate surface area is 144 Å². The van der Waals surface area contributed by atoms with Crippen LogP contribution in [0.4, 0.5) is 5.69 Å². The predicted octanol–water partition coefficient (Wildman–Crippen LogP) is 1.87. The van der Waals surface area contributed by atoms with Gasteiger partial charge in [0.25, 0.3) is 5.91 Å². The molecule has 0 radical (unpaired) electrons. The lowest BCUT2D eigenvalue weighted by Gasteiger charge is -2.36. The van der Waals surface area contributed by atoms with Crippen LogP contribution in [0, 0.1) is 0 Å². The zero-order chi connectivity index (χ0) is 17.6. The molecule has 0 spiro atoms. The molecule has 1 saturated heterocycles. The van der Waals surface area contributed by atoms with Crippen LogP contribution < -0.4 is 16.2 Å². The van der Waals surface area contributed by atoms with E-state index in [1.165, 1.54) is 4.90 Å². The lowest BCUT2D eigenvalue weighted by Crippen LogP contribution is -2.46. The van der Waals surface area contributed by atoms with E-state index in [-0.39, 0.29) is 30.7 Å².